The number of rotatable bonds is 90. The van der Waals surface area contributed by atoms with E-state index in [-0.39, 0.29) is 25.7 Å². The number of esters is 4. The fourth-order valence-electron chi connectivity index (χ4n) is 14.1. The van der Waals surface area contributed by atoms with E-state index >= 15 is 0 Å². The summed E-state index contributed by atoms with van der Waals surface area (Å²) in [6, 6.07) is 0. The van der Waals surface area contributed by atoms with Crippen LogP contribution in [0.4, 0.5) is 0 Å². The third-order valence-corrected chi connectivity index (χ3v) is 23.5. The summed E-state index contributed by atoms with van der Waals surface area (Å²) in [5.74, 6) is -1.25. The van der Waals surface area contributed by atoms with Gasteiger partial charge in [-0.1, -0.05) is 439 Å². The summed E-state index contributed by atoms with van der Waals surface area (Å²) < 4.78 is 68.9. The minimum atomic E-state index is -4.97. The number of phosphoric acid groups is 2. The number of unbranched alkanes of at least 4 members (excludes halogenated alkanes) is 61. The lowest BCUT2D eigenvalue weighted by atomic mass is 9.99. The van der Waals surface area contributed by atoms with Crippen molar-refractivity contribution < 1.29 is 80.2 Å². The number of aliphatic hydroxyl groups excluding tert-OH is 1. The Morgan fingerprint density at radius 3 is 0.651 bits per heavy atom. The highest BCUT2D eigenvalue weighted by Crippen LogP contribution is 2.45. The quantitative estimate of drug-likeness (QED) is 0.0222. The van der Waals surface area contributed by atoms with E-state index in [9.17, 15) is 43.2 Å². The normalized spacial score (nSPS) is 13.9. The van der Waals surface area contributed by atoms with Crippen LogP contribution in [0, 0.1) is 5.92 Å². The molecule has 0 radical (unpaired) electrons. The molecule has 6 atom stereocenters. The zero-order chi connectivity index (χ0) is 79.7. The Labute approximate surface area is 670 Å². The van der Waals surface area contributed by atoms with Gasteiger partial charge in [-0.3, -0.25) is 37.3 Å². The van der Waals surface area contributed by atoms with Crippen molar-refractivity contribution >= 4 is 39.5 Å². The molecule has 0 amide bonds. The minimum Gasteiger partial charge on any atom is -0.462 e. The van der Waals surface area contributed by atoms with Crippen molar-refractivity contribution in [2.45, 2.75) is 509 Å². The molecule has 648 valence electrons. The molecule has 0 heterocycles. The summed E-state index contributed by atoms with van der Waals surface area (Å²) >= 11 is 0. The Balaban J connectivity index is 5.17. The van der Waals surface area contributed by atoms with Gasteiger partial charge in [0.05, 0.1) is 26.4 Å². The third kappa shape index (κ3) is 82.4. The molecule has 0 aliphatic heterocycles. The van der Waals surface area contributed by atoms with E-state index in [1.54, 1.807) is 0 Å². The van der Waals surface area contributed by atoms with Crippen LogP contribution in [-0.4, -0.2) is 96.7 Å². The second-order valence-corrected chi connectivity index (χ2v) is 35.5. The number of carbonyl (C=O) groups excluding carboxylic acids is 4. The van der Waals surface area contributed by atoms with Crippen LogP contribution in [0.1, 0.15) is 490 Å². The van der Waals surface area contributed by atoms with Gasteiger partial charge in [-0.25, -0.2) is 9.13 Å². The van der Waals surface area contributed by atoms with Gasteiger partial charge in [0.2, 0.25) is 0 Å². The van der Waals surface area contributed by atoms with Gasteiger partial charge in [0.25, 0.3) is 0 Å². The molecule has 0 aliphatic carbocycles. The number of hydrogen-bond acceptors (Lipinski definition) is 15. The van der Waals surface area contributed by atoms with Crippen LogP contribution in [0.5, 0.6) is 0 Å². The van der Waals surface area contributed by atoms with Crippen molar-refractivity contribution in [3.63, 3.8) is 0 Å². The first-order valence-corrected chi connectivity index (χ1v) is 49.7. The summed E-state index contributed by atoms with van der Waals surface area (Å²) in [7, 11) is -9.93. The van der Waals surface area contributed by atoms with Crippen molar-refractivity contribution in [3.05, 3.63) is 0 Å². The van der Waals surface area contributed by atoms with Gasteiger partial charge in [0.1, 0.15) is 19.3 Å². The molecular formula is C90H176O17P2. The van der Waals surface area contributed by atoms with Crippen LogP contribution in [0.15, 0.2) is 0 Å². The molecule has 0 fully saturated rings. The van der Waals surface area contributed by atoms with Gasteiger partial charge < -0.3 is 33.8 Å². The maximum Gasteiger partial charge on any atom is 0.472 e. The second-order valence-electron chi connectivity index (χ2n) is 32.6. The first-order valence-electron chi connectivity index (χ1n) is 46.7. The third-order valence-electron chi connectivity index (χ3n) is 21.6. The van der Waals surface area contributed by atoms with Crippen LogP contribution >= 0.6 is 15.6 Å². The van der Waals surface area contributed by atoms with E-state index in [1.165, 1.54) is 308 Å². The fourth-order valence-corrected chi connectivity index (χ4v) is 15.7. The predicted molar refractivity (Wildman–Crippen MR) is 451 cm³/mol. The summed E-state index contributed by atoms with van der Waals surface area (Å²) in [5.41, 5.74) is 0. The highest BCUT2D eigenvalue weighted by molar-refractivity contribution is 7.47. The Morgan fingerprint density at radius 1 is 0.257 bits per heavy atom. The maximum atomic E-state index is 13.2. The summed E-state index contributed by atoms with van der Waals surface area (Å²) in [6.45, 7) is 7.41. The van der Waals surface area contributed by atoms with Gasteiger partial charge in [-0.15, -0.1) is 0 Å². The molecule has 0 spiro atoms. The van der Waals surface area contributed by atoms with Crippen LogP contribution < -0.4 is 0 Å². The molecule has 3 unspecified atom stereocenters. The molecule has 0 saturated carbocycles. The van der Waals surface area contributed by atoms with Gasteiger partial charge in [0.15, 0.2) is 12.2 Å². The first kappa shape index (κ1) is 107. The van der Waals surface area contributed by atoms with E-state index in [0.717, 1.165) is 102 Å². The smallest absolute Gasteiger partial charge is 0.462 e. The molecule has 19 heteroatoms. The topological polar surface area (TPSA) is 237 Å². The Morgan fingerprint density at radius 2 is 0.440 bits per heavy atom. The molecule has 0 aromatic rings. The van der Waals surface area contributed by atoms with Crippen molar-refractivity contribution in [3.8, 4) is 0 Å². The average Bonchev–Trinajstić information content (AvgIpc) is 0.899. The predicted octanol–water partition coefficient (Wildman–Crippen LogP) is 27.9. The van der Waals surface area contributed by atoms with Crippen LogP contribution in [0.25, 0.3) is 0 Å². The minimum absolute atomic E-state index is 0.108. The summed E-state index contributed by atoms with van der Waals surface area (Å²) in [5, 5.41) is 10.7. The lowest BCUT2D eigenvalue weighted by Crippen LogP contribution is -2.30. The molecule has 0 aromatic heterocycles. The molecule has 0 aliphatic rings. The van der Waals surface area contributed by atoms with E-state index in [4.69, 9.17) is 37.0 Å². The fraction of sp³-hybridized carbons (Fsp3) is 0.956. The number of ether oxygens (including phenoxy) is 4. The molecule has 109 heavy (non-hydrogen) atoms. The number of hydrogen-bond donors (Lipinski definition) is 3. The SMILES string of the molecule is CCCCCCCCCCCCCCCCCCCCCCCCC(=O)O[C@H](COC(=O)CCCCCCCCCCCCCCCCCCCCCCC)COP(=O)(O)OC[C@@H](O)COP(=O)(O)OC[C@@H](COC(=O)CCCCCCCCCC)OC(=O)CCCCCCCCCCCCCCCCC(C)CC. The van der Waals surface area contributed by atoms with Crippen molar-refractivity contribution in [1.82, 2.24) is 0 Å². The largest absolute Gasteiger partial charge is 0.472 e. The lowest BCUT2D eigenvalue weighted by molar-refractivity contribution is -0.161. The number of carbonyl (C=O) groups is 4. The van der Waals surface area contributed by atoms with E-state index in [2.05, 4.69) is 34.6 Å². The Bertz CT molecular complexity index is 2070. The van der Waals surface area contributed by atoms with E-state index in [1.807, 2.05) is 0 Å². The Hall–Kier alpha value is -1.94. The zero-order valence-electron chi connectivity index (χ0n) is 71.7. The number of aliphatic hydroxyl groups is 1. The van der Waals surface area contributed by atoms with Gasteiger partial charge in [-0.2, -0.15) is 0 Å². The second kappa shape index (κ2) is 82.6. The van der Waals surface area contributed by atoms with Crippen molar-refractivity contribution in [1.29, 1.82) is 0 Å². The molecule has 17 nitrogen and oxygen atoms in total. The van der Waals surface area contributed by atoms with E-state index < -0.39 is 97.5 Å². The molecule has 0 bridgehead atoms. The number of phosphoric ester groups is 2. The highest BCUT2D eigenvalue weighted by Gasteiger charge is 2.31. The maximum absolute atomic E-state index is 13.2. The first-order chi connectivity index (χ1) is 53.1. The van der Waals surface area contributed by atoms with Gasteiger partial charge in [0, 0.05) is 25.7 Å². The molecule has 0 aromatic carbocycles. The van der Waals surface area contributed by atoms with Crippen LogP contribution in [0.3, 0.4) is 0 Å². The molecule has 0 rings (SSSR count). The molecule has 3 N–H and O–H groups in total. The Kier molecular flexibility index (Phi) is 81.1. The average molecular weight is 1590 g/mol. The standard InChI is InChI=1S/C90H176O17P2/c1-6-10-13-16-19-22-24-26-28-30-32-34-36-38-40-42-47-51-55-60-65-70-75-90(95)107-86(80-101-88(93)74-69-64-59-54-50-46-41-39-37-35-33-31-29-27-25-23-20-17-14-11-7-2)82-105-109(98,99)103-78-84(91)77-102-108(96,97)104-81-85(79-100-87(92)73-68-63-58-21-18-15-12-8-3)106-89(94)76-71-66-61-56-52-48-44-43-45-49-53-57-62-67-72-83(5)9-4/h83-86,91H,6-82H2,1-5H3,(H,96,97)(H,98,99)/t83?,84-,85+,86+/m0/s1. The van der Waals surface area contributed by atoms with E-state index in [0.29, 0.717) is 25.7 Å². The monoisotopic (exact) mass is 1590 g/mol. The van der Waals surface area contributed by atoms with Gasteiger partial charge >= 0.3 is 39.5 Å². The lowest BCUT2D eigenvalue weighted by Gasteiger charge is -2.21. The molecular weight excluding hydrogens is 1410 g/mol. The summed E-state index contributed by atoms with van der Waals surface area (Å²) in [6.07, 6.45) is 78.0. The van der Waals surface area contributed by atoms with Gasteiger partial charge in [-0.05, 0) is 31.6 Å². The highest BCUT2D eigenvalue weighted by atomic mass is 31.2. The zero-order valence-corrected chi connectivity index (χ0v) is 73.5. The van der Waals surface area contributed by atoms with Crippen molar-refractivity contribution in [2.75, 3.05) is 39.6 Å². The van der Waals surface area contributed by atoms with Crippen molar-refractivity contribution in [2.24, 2.45) is 5.92 Å². The molecule has 0 saturated heterocycles. The van der Waals surface area contributed by atoms with Crippen LogP contribution in [-0.2, 0) is 65.4 Å². The van der Waals surface area contributed by atoms with Crippen LogP contribution in [0.2, 0.25) is 0 Å². The summed E-state index contributed by atoms with van der Waals surface area (Å²) in [4.78, 5) is 73.2.